The second-order valence-electron chi connectivity index (χ2n) is 10.6. The van der Waals surface area contributed by atoms with Crippen LogP contribution >= 0.6 is 0 Å². The highest BCUT2D eigenvalue weighted by Gasteiger charge is 2.31. The van der Waals surface area contributed by atoms with Crippen LogP contribution in [0.3, 0.4) is 0 Å². The number of fused-ring (bicyclic) bond motifs is 3. The van der Waals surface area contributed by atoms with Crippen molar-refractivity contribution in [3.8, 4) is 34.3 Å². The van der Waals surface area contributed by atoms with E-state index in [0.29, 0.717) is 30.6 Å². The predicted octanol–water partition coefficient (Wildman–Crippen LogP) is 4.42. The Hall–Kier alpha value is -3.63. The molecule has 2 aromatic heterocycles. The lowest BCUT2D eigenvalue weighted by molar-refractivity contribution is 0.0379. The molecule has 4 heterocycles. The Bertz CT molecular complexity index is 1470. The number of benzene rings is 2. The molecule has 2 aliphatic heterocycles. The van der Waals surface area contributed by atoms with Crippen LogP contribution in [0.15, 0.2) is 48.9 Å². The number of aliphatic hydroxyl groups is 1. The largest absolute Gasteiger partial charge is 0.491 e. The Labute approximate surface area is 219 Å². The van der Waals surface area contributed by atoms with E-state index >= 15 is 0 Å². The molecule has 6 rings (SSSR count). The molecule has 1 fully saturated rings. The molecule has 38 heavy (non-hydrogen) atoms. The van der Waals surface area contributed by atoms with Gasteiger partial charge >= 0.3 is 0 Å². The average Bonchev–Trinajstić information content (AvgIpc) is 3.53. The fraction of sp³-hybridized carbons (Fsp3) is 0.393. The van der Waals surface area contributed by atoms with E-state index in [2.05, 4.69) is 41.0 Å². The maximum Gasteiger partial charge on any atom is 0.183 e. The Kier molecular flexibility index (Phi) is 6.23. The molecule has 0 saturated carbocycles. The summed E-state index contributed by atoms with van der Waals surface area (Å²) in [6, 6.07) is 9.69. The van der Waals surface area contributed by atoms with E-state index in [0.717, 1.165) is 49.1 Å². The Morgan fingerprint density at radius 1 is 1.05 bits per heavy atom. The van der Waals surface area contributed by atoms with Crippen LogP contribution in [-0.2, 0) is 6.54 Å². The number of likely N-dealkylation sites (tertiary alicyclic amines) is 1. The number of hydrogen-bond donors (Lipinski definition) is 1. The summed E-state index contributed by atoms with van der Waals surface area (Å²) >= 11 is 0. The molecule has 2 aromatic carbocycles. The van der Waals surface area contributed by atoms with Crippen molar-refractivity contribution in [2.45, 2.75) is 44.7 Å². The van der Waals surface area contributed by atoms with E-state index in [1.807, 2.05) is 16.8 Å². The van der Waals surface area contributed by atoms with E-state index in [1.165, 1.54) is 28.7 Å². The number of imidazole rings is 1. The highest BCUT2D eigenvalue weighted by atomic mass is 19.1. The van der Waals surface area contributed by atoms with Gasteiger partial charge in [0.25, 0.3) is 0 Å². The highest BCUT2D eigenvalue weighted by molar-refractivity contribution is 5.69. The van der Waals surface area contributed by atoms with Crippen molar-refractivity contribution in [1.29, 1.82) is 0 Å². The van der Waals surface area contributed by atoms with Crippen LogP contribution < -0.4 is 4.74 Å². The van der Waals surface area contributed by atoms with Crippen molar-refractivity contribution in [3.63, 3.8) is 0 Å². The summed E-state index contributed by atoms with van der Waals surface area (Å²) < 4.78 is 37.4. The standard InChI is InChI=1S/C28H30F2N6O2/c1-28(2,16-37)35-9-7-18(8-10-35)19-3-6-25-21(13-19)26-33-23(15-34(26)11-12-38-25)27-31-17-32-36(27)24-5-4-20(29)14-22(24)30/h3-6,13-15,17-18,37H,7-12,16H2,1-2H3. The zero-order valence-electron chi connectivity index (χ0n) is 21.4. The number of piperidine rings is 1. The van der Waals surface area contributed by atoms with Crippen molar-refractivity contribution < 1.29 is 18.6 Å². The number of hydrogen-bond acceptors (Lipinski definition) is 6. The molecule has 198 valence electrons. The molecule has 0 spiro atoms. The lowest BCUT2D eigenvalue weighted by Gasteiger charge is -2.42. The number of nitrogens with zero attached hydrogens (tertiary/aromatic N) is 6. The topological polar surface area (TPSA) is 81.2 Å². The first-order valence-electron chi connectivity index (χ1n) is 12.9. The summed E-state index contributed by atoms with van der Waals surface area (Å²) in [6.45, 7) is 7.25. The Morgan fingerprint density at radius 3 is 2.63 bits per heavy atom. The van der Waals surface area contributed by atoms with E-state index in [4.69, 9.17) is 9.72 Å². The molecule has 0 amide bonds. The van der Waals surface area contributed by atoms with Gasteiger partial charge in [0.05, 0.1) is 18.7 Å². The monoisotopic (exact) mass is 520 g/mol. The summed E-state index contributed by atoms with van der Waals surface area (Å²) in [5.74, 6) is 0.915. The predicted molar refractivity (Wildman–Crippen MR) is 138 cm³/mol. The number of ether oxygens (including phenoxy) is 1. The quantitative estimate of drug-likeness (QED) is 0.420. The number of rotatable bonds is 5. The molecule has 1 N–H and O–H groups in total. The molecule has 0 unspecified atom stereocenters. The Balaban J connectivity index is 1.33. The first-order chi connectivity index (χ1) is 18.3. The lowest BCUT2D eigenvalue weighted by Crippen LogP contribution is -2.50. The zero-order chi connectivity index (χ0) is 26.4. The van der Waals surface area contributed by atoms with Gasteiger partial charge in [-0.05, 0) is 75.5 Å². The Morgan fingerprint density at radius 2 is 1.87 bits per heavy atom. The van der Waals surface area contributed by atoms with Crippen molar-refractivity contribution in [3.05, 3.63) is 66.1 Å². The van der Waals surface area contributed by atoms with Crippen molar-refractivity contribution >= 4 is 0 Å². The molecule has 2 aliphatic rings. The molecule has 0 atom stereocenters. The van der Waals surface area contributed by atoms with Gasteiger partial charge in [0.2, 0.25) is 0 Å². The lowest BCUT2D eigenvalue weighted by atomic mass is 9.86. The van der Waals surface area contributed by atoms with E-state index in [-0.39, 0.29) is 17.8 Å². The maximum absolute atomic E-state index is 14.5. The molecule has 0 bridgehead atoms. The van der Waals surface area contributed by atoms with Crippen LogP contribution in [0.4, 0.5) is 8.78 Å². The van der Waals surface area contributed by atoms with Crippen molar-refractivity contribution in [1.82, 2.24) is 29.2 Å². The third-order valence-electron chi connectivity index (χ3n) is 7.73. The van der Waals surface area contributed by atoms with Gasteiger partial charge in [-0.15, -0.1) is 0 Å². The first-order valence-corrected chi connectivity index (χ1v) is 12.9. The minimum Gasteiger partial charge on any atom is -0.491 e. The van der Waals surface area contributed by atoms with Gasteiger partial charge in [0.1, 0.15) is 41.7 Å². The summed E-state index contributed by atoms with van der Waals surface area (Å²) in [7, 11) is 0. The number of aliphatic hydroxyl groups excluding tert-OH is 1. The van der Waals surface area contributed by atoms with E-state index < -0.39 is 11.6 Å². The maximum atomic E-state index is 14.5. The van der Waals surface area contributed by atoms with Crippen molar-refractivity contribution in [2.75, 3.05) is 26.3 Å². The van der Waals surface area contributed by atoms with Crippen LogP contribution in [0.5, 0.6) is 5.75 Å². The number of halogens is 2. The third kappa shape index (κ3) is 4.37. The van der Waals surface area contributed by atoms with Crippen LogP contribution in [-0.4, -0.2) is 66.2 Å². The van der Waals surface area contributed by atoms with Gasteiger partial charge in [-0.25, -0.2) is 23.4 Å². The second kappa shape index (κ2) is 9.59. The van der Waals surface area contributed by atoms with Gasteiger partial charge in [-0.2, -0.15) is 5.10 Å². The molecule has 0 aliphatic carbocycles. The summed E-state index contributed by atoms with van der Waals surface area (Å²) in [5.41, 5.74) is 2.57. The minimum atomic E-state index is -0.727. The molecule has 8 nitrogen and oxygen atoms in total. The van der Waals surface area contributed by atoms with Crippen molar-refractivity contribution in [2.24, 2.45) is 0 Å². The average molecular weight is 521 g/mol. The molecule has 4 aromatic rings. The van der Waals surface area contributed by atoms with Gasteiger partial charge < -0.3 is 14.4 Å². The smallest absolute Gasteiger partial charge is 0.183 e. The summed E-state index contributed by atoms with van der Waals surface area (Å²) in [4.78, 5) is 11.6. The molecular formula is C28H30F2N6O2. The normalized spacial score (nSPS) is 16.6. The van der Waals surface area contributed by atoms with Crippen LogP contribution in [0.2, 0.25) is 0 Å². The van der Waals surface area contributed by atoms with E-state index in [9.17, 15) is 13.9 Å². The third-order valence-corrected chi connectivity index (χ3v) is 7.73. The summed E-state index contributed by atoms with van der Waals surface area (Å²) in [5, 5.41) is 13.9. The molecule has 0 radical (unpaired) electrons. The van der Waals surface area contributed by atoms with Gasteiger partial charge in [-0.3, -0.25) is 4.90 Å². The SMILES string of the molecule is CC(C)(CO)N1CCC(c2ccc3c(c2)-c2nc(-c4ncnn4-c4ccc(F)cc4F)cn2CCO3)CC1. The number of aromatic nitrogens is 5. The van der Waals surface area contributed by atoms with Crippen LogP contribution in [0, 0.1) is 11.6 Å². The van der Waals surface area contributed by atoms with E-state index in [1.54, 1.807) is 0 Å². The zero-order valence-corrected chi connectivity index (χ0v) is 21.4. The van der Waals surface area contributed by atoms with Gasteiger partial charge in [0, 0.05) is 17.8 Å². The first kappa shape index (κ1) is 24.7. The van der Waals surface area contributed by atoms with Crippen LogP contribution in [0.1, 0.15) is 38.2 Å². The highest BCUT2D eigenvalue weighted by Crippen LogP contribution is 2.39. The molecule has 10 heteroatoms. The van der Waals surface area contributed by atoms with Gasteiger partial charge in [0.15, 0.2) is 11.6 Å². The fourth-order valence-electron chi connectivity index (χ4n) is 5.43. The van der Waals surface area contributed by atoms with Gasteiger partial charge in [-0.1, -0.05) is 6.07 Å². The molecule has 1 saturated heterocycles. The summed E-state index contributed by atoms with van der Waals surface area (Å²) in [6.07, 6.45) is 5.23. The van der Waals surface area contributed by atoms with Crippen LogP contribution in [0.25, 0.3) is 28.6 Å². The minimum absolute atomic E-state index is 0.101. The fourth-order valence-corrected chi connectivity index (χ4v) is 5.43. The molecular weight excluding hydrogens is 490 g/mol. The second-order valence-corrected chi connectivity index (χ2v) is 10.6.